The van der Waals surface area contributed by atoms with Crippen molar-refractivity contribution >= 4 is 28.5 Å². The summed E-state index contributed by atoms with van der Waals surface area (Å²) in [7, 11) is 0. The van der Waals surface area contributed by atoms with Crippen LogP contribution in [0.3, 0.4) is 0 Å². The van der Waals surface area contributed by atoms with Crippen LogP contribution in [-0.4, -0.2) is 21.8 Å². The van der Waals surface area contributed by atoms with E-state index in [0.29, 0.717) is 18.7 Å². The van der Waals surface area contributed by atoms with Crippen LogP contribution in [0.25, 0.3) is 11.0 Å². The quantitative estimate of drug-likeness (QED) is 0.734. The SMILES string of the molecule is CC(NC(=O)CCCCl)c1ccc2[nH]c(=O)[nH]c2c1. The van der Waals surface area contributed by atoms with Crippen molar-refractivity contribution in [3.05, 3.63) is 34.2 Å². The molecule has 19 heavy (non-hydrogen) atoms. The maximum absolute atomic E-state index is 11.6. The first-order valence-corrected chi connectivity index (χ1v) is 6.71. The zero-order chi connectivity index (χ0) is 13.8. The van der Waals surface area contributed by atoms with E-state index in [1.807, 2.05) is 25.1 Å². The largest absolute Gasteiger partial charge is 0.350 e. The highest BCUT2D eigenvalue weighted by molar-refractivity contribution is 6.17. The van der Waals surface area contributed by atoms with Crippen molar-refractivity contribution in [3.63, 3.8) is 0 Å². The molecule has 3 N–H and O–H groups in total. The van der Waals surface area contributed by atoms with Crippen molar-refractivity contribution in [2.24, 2.45) is 0 Å². The fourth-order valence-corrected chi connectivity index (χ4v) is 2.08. The number of imidazole rings is 1. The smallest absolute Gasteiger partial charge is 0.323 e. The van der Waals surface area contributed by atoms with Crippen LogP contribution in [0.4, 0.5) is 0 Å². The number of alkyl halides is 1. The number of fused-ring (bicyclic) bond motifs is 1. The molecule has 1 amide bonds. The van der Waals surface area contributed by atoms with Crippen molar-refractivity contribution in [2.75, 3.05) is 5.88 Å². The highest BCUT2D eigenvalue weighted by atomic mass is 35.5. The number of halogens is 1. The Morgan fingerprint density at radius 2 is 2.11 bits per heavy atom. The fraction of sp³-hybridized carbons (Fsp3) is 0.385. The Morgan fingerprint density at radius 1 is 1.37 bits per heavy atom. The predicted molar refractivity (Wildman–Crippen MR) is 75.4 cm³/mol. The molecule has 0 spiro atoms. The number of carbonyl (C=O) groups excluding carboxylic acids is 1. The minimum absolute atomic E-state index is 0.0178. The van der Waals surface area contributed by atoms with Gasteiger partial charge in [0.25, 0.3) is 0 Å². The van der Waals surface area contributed by atoms with Crippen LogP contribution in [0, 0.1) is 0 Å². The molecule has 1 atom stereocenters. The average molecular weight is 282 g/mol. The van der Waals surface area contributed by atoms with Gasteiger partial charge in [0.2, 0.25) is 5.91 Å². The maximum Gasteiger partial charge on any atom is 0.323 e. The number of aromatic nitrogens is 2. The number of hydrogen-bond acceptors (Lipinski definition) is 2. The van der Waals surface area contributed by atoms with Crippen molar-refractivity contribution < 1.29 is 4.79 Å². The molecule has 0 aliphatic heterocycles. The van der Waals surface area contributed by atoms with E-state index in [1.54, 1.807) is 0 Å². The third-order valence-corrected chi connectivity index (χ3v) is 3.22. The molecule has 102 valence electrons. The summed E-state index contributed by atoms with van der Waals surface area (Å²) in [4.78, 5) is 28.2. The summed E-state index contributed by atoms with van der Waals surface area (Å²) in [6.07, 6.45) is 1.10. The second-order valence-corrected chi connectivity index (χ2v) is 4.84. The zero-order valence-electron chi connectivity index (χ0n) is 10.6. The molecule has 0 saturated carbocycles. The molecule has 0 aliphatic rings. The topological polar surface area (TPSA) is 77.8 Å². The first kappa shape index (κ1) is 13.7. The lowest BCUT2D eigenvalue weighted by molar-refractivity contribution is -0.121. The van der Waals surface area contributed by atoms with Gasteiger partial charge in [-0.25, -0.2) is 4.79 Å². The molecule has 1 aromatic heterocycles. The Morgan fingerprint density at radius 3 is 2.84 bits per heavy atom. The van der Waals surface area contributed by atoms with Crippen LogP contribution in [0.1, 0.15) is 31.4 Å². The summed E-state index contributed by atoms with van der Waals surface area (Å²) in [5.74, 6) is 0.467. The molecule has 5 nitrogen and oxygen atoms in total. The highest BCUT2D eigenvalue weighted by Crippen LogP contribution is 2.17. The summed E-state index contributed by atoms with van der Waals surface area (Å²) in [5.41, 5.74) is 2.21. The minimum Gasteiger partial charge on any atom is -0.350 e. The third-order valence-electron chi connectivity index (χ3n) is 2.95. The zero-order valence-corrected chi connectivity index (χ0v) is 11.4. The summed E-state index contributed by atoms with van der Waals surface area (Å²) in [5, 5.41) is 2.90. The van der Waals surface area contributed by atoms with E-state index in [4.69, 9.17) is 11.6 Å². The van der Waals surface area contributed by atoms with Gasteiger partial charge < -0.3 is 15.3 Å². The number of rotatable bonds is 5. The molecule has 1 heterocycles. The normalized spacial score (nSPS) is 12.5. The molecule has 0 bridgehead atoms. The number of nitrogens with one attached hydrogen (secondary N) is 3. The molecular formula is C13H16ClN3O2. The van der Waals surface area contributed by atoms with Gasteiger partial charge >= 0.3 is 5.69 Å². The summed E-state index contributed by atoms with van der Waals surface area (Å²) in [6, 6.07) is 5.47. The Labute approximate surface area is 115 Å². The van der Waals surface area contributed by atoms with E-state index >= 15 is 0 Å². The van der Waals surface area contributed by atoms with Crippen molar-refractivity contribution in [1.29, 1.82) is 0 Å². The molecule has 1 unspecified atom stereocenters. The number of carbonyl (C=O) groups is 1. The molecule has 2 aromatic rings. The van der Waals surface area contributed by atoms with Crippen LogP contribution >= 0.6 is 11.6 Å². The Bertz CT molecular complexity index is 632. The standard InChI is InChI=1S/C13H16ClN3O2/c1-8(15-12(18)3-2-6-14)9-4-5-10-11(7-9)17-13(19)16-10/h4-5,7-8H,2-3,6H2,1H3,(H,15,18)(H2,16,17,19). The van der Waals surface area contributed by atoms with E-state index in [2.05, 4.69) is 15.3 Å². The molecule has 0 fully saturated rings. The van der Waals surface area contributed by atoms with Crippen molar-refractivity contribution in [3.8, 4) is 0 Å². The highest BCUT2D eigenvalue weighted by Gasteiger charge is 2.10. The monoisotopic (exact) mass is 281 g/mol. The van der Waals surface area contributed by atoms with Gasteiger partial charge in [0.05, 0.1) is 17.1 Å². The van der Waals surface area contributed by atoms with Crippen LogP contribution in [0.15, 0.2) is 23.0 Å². The lowest BCUT2D eigenvalue weighted by Crippen LogP contribution is -2.26. The summed E-state index contributed by atoms with van der Waals surface area (Å²) >= 11 is 5.55. The molecule has 6 heteroatoms. The van der Waals surface area contributed by atoms with E-state index in [1.165, 1.54) is 0 Å². The molecule has 1 aromatic carbocycles. The van der Waals surface area contributed by atoms with Crippen LogP contribution in [-0.2, 0) is 4.79 Å². The second-order valence-electron chi connectivity index (χ2n) is 4.47. The molecule has 0 aliphatic carbocycles. The van der Waals surface area contributed by atoms with Crippen molar-refractivity contribution in [1.82, 2.24) is 15.3 Å². The fourth-order valence-electron chi connectivity index (χ4n) is 1.94. The van der Waals surface area contributed by atoms with Gasteiger partial charge in [0.15, 0.2) is 0 Å². The van der Waals surface area contributed by atoms with Gasteiger partial charge in [-0.1, -0.05) is 6.07 Å². The number of benzene rings is 1. The number of amides is 1. The third kappa shape index (κ3) is 3.38. The maximum atomic E-state index is 11.6. The number of aromatic amines is 2. The summed E-state index contributed by atoms with van der Waals surface area (Å²) in [6.45, 7) is 1.91. The number of hydrogen-bond donors (Lipinski definition) is 3. The van der Waals surface area contributed by atoms with Crippen molar-refractivity contribution in [2.45, 2.75) is 25.8 Å². The van der Waals surface area contributed by atoms with Crippen LogP contribution < -0.4 is 11.0 Å². The second kappa shape index (κ2) is 5.93. The minimum atomic E-state index is -0.231. The first-order valence-electron chi connectivity index (χ1n) is 6.17. The predicted octanol–water partition coefficient (Wildman–Crippen LogP) is 2.05. The van der Waals surface area contributed by atoms with Crippen LogP contribution in [0.2, 0.25) is 0 Å². The Balaban J connectivity index is 2.10. The van der Waals surface area contributed by atoms with Gasteiger partial charge in [-0.3, -0.25) is 4.79 Å². The van der Waals surface area contributed by atoms with E-state index in [9.17, 15) is 9.59 Å². The van der Waals surface area contributed by atoms with Gasteiger partial charge in [-0.15, -0.1) is 11.6 Å². The molecule has 2 rings (SSSR count). The molecular weight excluding hydrogens is 266 g/mol. The lowest BCUT2D eigenvalue weighted by atomic mass is 10.1. The van der Waals surface area contributed by atoms with Gasteiger partial charge in [0, 0.05) is 12.3 Å². The first-order chi connectivity index (χ1) is 9.10. The lowest BCUT2D eigenvalue weighted by Gasteiger charge is -2.14. The average Bonchev–Trinajstić information content (AvgIpc) is 2.75. The van der Waals surface area contributed by atoms with Crippen LogP contribution in [0.5, 0.6) is 0 Å². The Hall–Kier alpha value is -1.75. The molecule has 0 saturated heterocycles. The summed E-state index contributed by atoms with van der Waals surface area (Å²) < 4.78 is 0. The van der Waals surface area contributed by atoms with E-state index in [0.717, 1.165) is 16.6 Å². The Kier molecular flexibility index (Phi) is 4.27. The van der Waals surface area contributed by atoms with Gasteiger partial charge in [0.1, 0.15) is 0 Å². The van der Waals surface area contributed by atoms with Gasteiger partial charge in [-0.2, -0.15) is 0 Å². The number of H-pyrrole nitrogens is 2. The van der Waals surface area contributed by atoms with Gasteiger partial charge in [-0.05, 0) is 31.0 Å². The van der Waals surface area contributed by atoms with E-state index < -0.39 is 0 Å². The van der Waals surface area contributed by atoms with E-state index in [-0.39, 0.29) is 17.6 Å². The molecule has 0 radical (unpaired) electrons.